The van der Waals surface area contributed by atoms with E-state index in [0.29, 0.717) is 17.1 Å². The maximum atomic E-state index is 13.3. The first-order chi connectivity index (χ1) is 27.0. The van der Waals surface area contributed by atoms with Gasteiger partial charge in [0.1, 0.15) is 29.4 Å². The lowest BCUT2D eigenvalue weighted by Crippen LogP contribution is -2.45. The van der Waals surface area contributed by atoms with E-state index in [0.717, 1.165) is 16.7 Å². The van der Waals surface area contributed by atoms with Crippen LogP contribution in [0.4, 0.5) is 0 Å². The molecule has 2 heterocycles. The van der Waals surface area contributed by atoms with Crippen molar-refractivity contribution in [1.29, 1.82) is 5.26 Å². The minimum absolute atomic E-state index is 0.0258. The van der Waals surface area contributed by atoms with Gasteiger partial charge in [-0.1, -0.05) is 54.6 Å². The molecule has 296 valence electrons. The van der Waals surface area contributed by atoms with Crippen molar-refractivity contribution in [2.45, 2.75) is 96.1 Å². The Morgan fingerprint density at radius 3 is 2.04 bits per heavy atom. The summed E-state index contributed by atoms with van der Waals surface area (Å²) in [7, 11) is 1.48. The average Bonchev–Trinajstić information content (AvgIpc) is 3.61. The van der Waals surface area contributed by atoms with Gasteiger partial charge in [0.25, 0.3) is 14.1 Å². The van der Waals surface area contributed by atoms with E-state index in [1.807, 2.05) is 78.9 Å². The van der Waals surface area contributed by atoms with E-state index in [9.17, 15) is 14.9 Å². The molecule has 0 saturated carbocycles. The summed E-state index contributed by atoms with van der Waals surface area (Å²) in [6, 6.07) is 27.4. The number of nitriles is 1. The third-order valence-electron chi connectivity index (χ3n) is 9.65. The second-order valence-corrected chi connectivity index (χ2v) is 15.4. The van der Waals surface area contributed by atoms with Crippen LogP contribution in [0.15, 0.2) is 94.6 Å². The lowest BCUT2D eigenvalue weighted by molar-refractivity contribution is -0.140. The van der Waals surface area contributed by atoms with Crippen LogP contribution in [0.5, 0.6) is 11.5 Å². The van der Waals surface area contributed by atoms with E-state index in [4.69, 9.17) is 34.4 Å². The van der Waals surface area contributed by atoms with Crippen molar-refractivity contribution >= 4 is 8.53 Å². The predicted molar refractivity (Wildman–Crippen MR) is 215 cm³/mol. The molecule has 1 aromatic heterocycles. The molecule has 0 spiro atoms. The third kappa shape index (κ3) is 9.42. The zero-order chi connectivity index (χ0) is 40.4. The number of aryl methyl sites for hydroxylation is 1. The van der Waals surface area contributed by atoms with E-state index in [-0.39, 0.29) is 38.0 Å². The Bertz CT molecular complexity index is 2020. The van der Waals surface area contributed by atoms with Gasteiger partial charge in [0.15, 0.2) is 0 Å². The molecule has 4 aromatic rings. The highest BCUT2D eigenvalue weighted by molar-refractivity contribution is 7.44. The number of H-pyrrole nitrogens is 1. The molecule has 1 fully saturated rings. The molecule has 0 radical (unpaired) electrons. The number of nitrogens with zero attached hydrogens (tertiary/aromatic N) is 3. The Labute approximate surface area is 330 Å². The number of nitrogens with one attached hydrogen (secondary N) is 1. The van der Waals surface area contributed by atoms with Crippen molar-refractivity contribution in [2.75, 3.05) is 20.8 Å². The Balaban J connectivity index is 1.70. The average molecular weight is 783 g/mol. The molecule has 12 nitrogen and oxygen atoms in total. The quantitative estimate of drug-likeness (QED) is 0.0477. The van der Waals surface area contributed by atoms with Gasteiger partial charge in [0, 0.05) is 36.7 Å². The number of hydrogen-bond acceptors (Lipinski definition) is 10. The van der Waals surface area contributed by atoms with Gasteiger partial charge >= 0.3 is 5.69 Å². The molecule has 3 aromatic carbocycles. The summed E-state index contributed by atoms with van der Waals surface area (Å²) in [6.07, 6.45) is 4.88. The van der Waals surface area contributed by atoms with E-state index in [2.05, 4.69) is 49.3 Å². The first kappa shape index (κ1) is 42.4. The monoisotopic (exact) mass is 782 g/mol. The molecule has 1 aliphatic heterocycles. The van der Waals surface area contributed by atoms with Gasteiger partial charge in [-0.3, -0.25) is 14.3 Å². The fourth-order valence-electron chi connectivity index (χ4n) is 7.07. The summed E-state index contributed by atoms with van der Waals surface area (Å²) in [5.41, 5.74) is 0.411. The number of terminal acetylenes is 1. The molecule has 13 heteroatoms. The SMILES string of the molecule is C#CCC(OC(c1ccccc1)(c1ccc(OC)cc1)c1ccc(OC)cc1)[C@H]1O[C@@H](n2cc(C)c(=O)[nH]c2=O)C[C@@H]1OP(OCCC#N)N(C(C)C)C(C)C. The summed E-state index contributed by atoms with van der Waals surface area (Å²) >= 11 is 0. The molecule has 0 aliphatic carbocycles. The fourth-order valence-corrected chi connectivity index (χ4v) is 8.82. The van der Waals surface area contributed by atoms with Crippen LogP contribution >= 0.6 is 8.53 Å². The molecule has 56 heavy (non-hydrogen) atoms. The Hall–Kier alpha value is -4.78. The molecule has 2 unspecified atom stereocenters. The molecular formula is C43H51N4O8P. The van der Waals surface area contributed by atoms with Crippen molar-refractivity contribution < 1.29 is 28.0 Å². The highest BCUT2D eigenvalue weighted by atomic mass is 31.2. The standard InChI is InChI=1S/C43H51N4O8P/c1-9-14-37(54-43(32-15-11-10-12-16-32,33-17-21-35(50-7)22-18-33)34-19-23-36(51-8)24-20-34)40-38(27-39(53-40)46-28-31(6)41(48)45-42(46)49)55-56(52-26-13-25-44)47(29(2)3)30(4)5/h1,10-12,15-24,28-30,37-40H,13-14,26-27H2,2-8H3,(H,45,48,49)/t37?,38-,39+,40+,56?/m0/s1. The zero-order valence-electron chi connectivity index (χ0n) is 33.0. The van der Waals surface area contributed by atoms with Gasteiger partial charge in [0.2, 0.25) is 0 Å². The van der Waals surface area contributed by atoms with Gasteiger partial charge in [-0.25, -0.2) is 9.46 Å². The van der Waals surface area contributed by atoms with Crippen LogP contribution in [-0.2, 0) is 24.1 Å². The summed E-state index contributed by atoms with van der Waals surface area (Å²) in [5.74, 6) is 4.17. The van der Waals surface area contributed by atoms with Crippen LogP contribution in [0.2, 0.25) is 0 Å². The van der Waals surface area contributed by atoms with Crippen molar-refractivity contribution in [3.8, 4) is 29.9 Å². The molecule has 0 bridgehead atoms. The first-order valence-corrected chi connectivity index (χ1v) is 19.8. The number of ether oxygens (including phenoxy) is 4. The summed E-state index contributed by atoms with van der Waals surface area (Å²) in [4.78, 5) is 28.1. The largest absolute Gasteiger partial charge is 0.497 e. The van der Waals surface area contributed by atoms with Gasteiger partial charge < -0.3 is 28.0 Å². The van der Waals surface area contributed by atoms with E-state index >= 15 is 0 Å². The number of aromatic nitrogens is 2. The van der Waals surface area contributed by atoms with Crippen LogP contribution < -0.4 is 20.7 Å². The number of aromatic amines is 1. The van der Waals surface area contributed by atoms with Gasteiger partial charge in [-0.05, 0) is 75.6 Å². The van der Waals surface area contributed by atoms with Crippen molar-refractivity contribution in [2.24, 2.45) is 0 Å². The fraction of sp³-hybridized carbons (Fsp3) is 0.419. The topological polar surface area (TPSA) is 137 Å². The summed E-state index contributed by atoms with van der Waals surface area (Å²) in [6.45, 7) is 10.0. The van der Waals surface area contributed by atoms with Gasteiger partial charge in [-0.2, -0.15) is 5.26 Å². The highest BCUT2D eigenvalue weighted by Gasteiger charge is 2.49. The lowest BCUT2D eigenvalue weighted by atomic mass is 9.79. The molecule has 1 saturated heterocycles. The summed E-state index contributed by atoms with van der Waals surface area (Å²) in [5, 5.41) is 9.37. The van der Waals surface area contributed by atoms with Gasteiger partial charge in [0.05, 0.1) is 45.5 Å². The molecule has 5 rings (SSSR count). The smallest absolute Gasteiger partial charge is 0.330 e. The predicted octanol–water partition coefficient (Wildman–Crippen LogP) is 7.21. The van der Waals surface area contributed by atoms with E-state index in [1.165, 1.54) is 10.8 Å². The Kier molecular flexibility index (Phi) is 14.7. The van der Waals surface area contributed by atoms with Crippen LogP contribution in [0.1, 0.15) is 75.4 Å². The maximum absolute atomic E-state index is 13.3. The first-order valence-electron chi connectivity index (χ1n) is 18.7. The summed E-state index contributed by atoms with van der Waals surface area (Å²) < 4.78 is 42.3. The van der Waals surface area contributed by atoms with Crippen LogP contribution in [-0.4, -0.2) is 65.4 Å². The van der Waals surface area contributed by atoms with Gasteiger partial charge in [-0.15, -0.1) is 12.3 Å². The zero-order valence-corrected chi connectivity index (χ0v) is 33.9. The molecular weight excluding hydrogens is 731 g/mol. The van der Waals surface area contributed by atoms with Crippen molar-refractivity contribution in [1.82, 2.24) is 14.2 Å². The molecule has 5 atom stereocenters. The second-order valence-electron chi connectivity index (χ2n) is 14.0. The number of methoxy groups -OCH3 is 2. The Morgan fingerprint density at radius 2 is 1.52 bits per heavy atom. The second kappa shape index (κ2) is 19.4. The van der Waals surface area contributed by atoms with Crippen molar-refractivity contribution in [3.05, 3.63) is 128 Å². The molecule has 1 aliphatic rings. The highest BCUT2D eigenvalue weighted by Crippen LogP contribution is 2.52. The molecule has 1 N–H and O–H groups in total. The van der Waals surface area contributed by atoms with Crippen LogP contribution in [0, 0.1) is 30.6 Å². The van der Waals surface area contributed by atoms with Crippen molar-refractivity contribution in [3.63, 3.8) is 0 Å². The van der Waals surface area contributed by atoms with Crippen LogP contribution in [0.3, 0.4) is 0 Å². The normalized spacial score (nSPS) is 18.1. The van der Waals surface area contributed by atoms with E-state index in [1.54, 1.807) is 21.1 Å². The molecule has 0 amide bonds. The number of benzene rings is 3. The van der Waals surface area contributed by atoms with E-state index < -0.39 is 49.9 Å². The van der Waals surface area contributed by atoms with Crippen LogP contribution in [0.25, 0.3) is 0 Å². The number of rotatable bonds is 18. The third-order valence-corrected chi connectivity index (χ3v) is 11.8. The lowest BCUT2D eigenvalue weighted by Gasteiger charge is -2.42. The maximum Gasteiger partial charge on any atom is 0.330 e. The number of hydrogen-bond donors (Lipinski definition) is 1. The minimum atomic E-state index is -1.75. The Morgan fingerprint density at radius 1 is 0.946 bits per heavy atom. The minimum Gasteiger partial charge on any atom is -0.497 e.